The molecule has 2 aromatic carbocycles. The van der Waals surface area contributed by atoms with Crippen LogP contribution in [0.15, 0.2) is 24.3 Å². The average Bonchev–Trinajstić information content (AvgIpc) is 2.41. The summed E-state index contributed by atoms with van der Waals surface area (Å²) in [6.45, 7) is 0. The van der Waals surface area contributed by atoms with Crippen molar-refractivity contribution in [3.05, 3.63) is 50.3 Å². The lowest BCUT2D eigenvalue weighted by atomic mass is 10.2. The first-order chi connectivity index (χ1) is 10.6. The van der Waals surface area contributed by atoms with E-state index in [4.69, 9.17) is 11.6 Å². The molecule has 0 aliphatic heterocycles. The van der Waals surface area contributed by atoms with Crippen LogP contribution >= 0.6 is 34.2 Å². The molecule has 4 nitrogen and oxygen atoms in total. The van der Waals surface area contributed by atoms with Gasteiger partial charge in [0.05, 0.1) is 22.7 Å². The van der Waals surface area contributed by atoms with Crippen LogP contribution < -0.4 is 10.0 Å². The molecule has 2 rings (SSSR count). The summed E-state index contributed by atoms with van der Waals surface area (Å²) in [5, 5.41) is 1.74. The lowest BCUT2D eigenvalue weighted by Gasteiger charge is -2.15. The van der Waals surface area contributed by atoms with Gasteiger partial charge in [0.25, 0.3) is 0 Å². The molecule has 2 N–H and O–H groups in total. The van der Waals surface area contributed by atoms with Crippen LogP contribution in [0.1, 0.15) is 0 Å². The highest BCUT2D eigenvalue weighted by atomic mass is 127. The molecule has 10 heteroatoms. The van der Waals surface area contributed by atoms with E-state index in [9.17, 15) is 21.6 Å². The Balaban J connectivity index is 2.57. The van der Waals surface area contributed by atoms with Crippen LogP contribution in [0.5, 0.6) is 0 Å². The van der Waals surface area contributed by atoms with Gasteiger partial charge in [0.2, 0.25) is 10.0 Å². The molecular formula is C13H9ClF3IN2O2S. The molecular weight excluding hydrogens is 468 g/mol. The largest absolute Gasteiger partial charge is 0.349 e. The van der Waals surface area contributed by atoms with Crippen molar-refractivity contribution in [1.82, 2.24) is 0 Å². The summed E-state index contributed by atoms with van der Waals surface area (Å²) in [4.78, 5) is 0. The van der Waals surface area contributed by atoms with E-state index in [1.54, 1.807) is 6.07 Å². The van der Waals surface area contributed by atoms with Crippen molar-refractivity contribution >= 4 is 61.3 Å². The summed E-state index contributed by atoms with van der Waals surface area (Å²) >= 11 is 7.41. The number of benzene rings is 2. The SMILES string of the molecule is CS(=O)(=O)Nc1cc(Cl)c(F)c(F)c1Nc1ccc(I)cc1F. The molecule has 0 heterocycles. The smallest absolute Gasteiger partial charge is 0.229 e. The Bertz CT molecular complexity index is 878. The van der Waals surface area contributed by atoms with Crippen molar-refractivity contribution in [3.63, 3.8) is 0 Å². The van der Waals surface area contributed by atoms with Crippen molar-refractivity contribution in [3.8, 4) is 0 Å². The second-order valence-corrected chi connectivity index (χ2v) is 7.93. The summed E-state index contributed by atoms with van der Waals surface area (Å²) in [5.41, 5.74) is -1.06. The summed E-state index contributed by atoms with van der Waals surface area (Å²) < 4.78 is 66.9. The third kappa shape index (κ3) is 4.42. The molecule has 0 aliphatic carbocycles. The fraction of sp³-hybridized carbons (Fsp3) is 0.0769. The summed E-state index contributed by atoms with van der Waals surface area (Å²) in [7, 11) is -3.79. The van der Waals surface area contributed by atoms with Crippen molar-refractivity contribution in [2.24, 2.45) is 0 Å². The van der Waals surface area contributed by atoms with Crippen LogP contribution in [0.4, 0.5) is 30.2 Å². The summed E-state index contributed by atoms with van der Waals surface area (Å²) in [5.74, 6) is -3.52. The Morgan fingerprint density at radius 1 is 1.09 bits per heavy atom. The summed E-state index contributed by atoms with van der Waals surface area (Å²) in [6, 6.07) is 4.93. The van der Waals surface area contributed by atoms with Crippen LogP contribution in [0.25, 0.3) is 0 Å². The quantitative estimate of drug-likeness (QED) is 0.505. The van der Waals surface area contributed by atoms with Gasteiger partial charge >= 0.3 is 0 Å². The second kappa shape index (κ2) is 6.73. The zero-order valence-electron chi connectivity index (χ0n) is 11.4. The molecule has 124 valence electrons. The van der Waals surface area contributed by atoms with E-state index < -0.39 is 38.2 Å². The minimum Gasteiger partial charge on any atom is -0.349 e. The minimum atomic E-state index is -3.79. The van der Waals surface area contributed by atoms with Crippen LogP contribution in [0, 0.1) is 21.0 Å². The Kier molecular flexibility index (Phi) is 5.31. The lowest BCUT2D eigenvalue weighted by molar-refractivity contribution is 0.512. The number of sulfonamides is 1. The van der Waals surface area contributed by atoms with Crippen LogP contribution in [-0.4, -0.2) is 14.7 Å². The first-order valence-electron chi connectivity index (χ1n) is 5.96. The number of rotatable bonds is 4. The first kappa shape index (κ1) is 18.1. The molecule has 0 amide bonds. The zero-order chi connectivity index (χ0) is 17.4. The molecule has 0 saturated heterocycles. The Morgan fingerprint density at radius 3 is 2.30 bits per heavy atom. The molecule has 0 aromatic heterocycles. The highest BCUT2D eigenvalue weighted by Crippen LogP contribution is 2.35. The molecule has 0 saturated carbocycles. The number of hydrogen-bond donors (Lipinski definition) is 2. The van der Waals surface area contributed by atoms with Gasteiger partial charge in [-0.25, -0.2) is 21.6 Å². The van der Waals surface area contributed by atoms with Crippen LogP contribution in [0.3, 0.4) is 0 Å². The van der Waals surface area contributed by atoms with Crippen LogP contribution in [0.2, 0.25) is 5.02 Å². The predicted molar refractivity (Wildman–Crippen MR) is 92.2 cm³/mol. The minimum absolute atomic E-state index is 0.150. The Morgan fingerprint density at radius 2 is 1.74 bits per heavy atom. The van der Waals surface area contributed by atoms with Gasteiger partial charge in [-0.3, -0.25) is 4.72 Å². The van der Waals surface area contributed by atoms with E-state index in [1.807, 2.05) is 27.3 Å². The van der Waals surface area contributed by atoms with Gasteiger partial charge in [0, 0.05) is 3.57 Å². The van der Waals surface area contributed by atoms with E-state index in [0.717, 1.165) is 12.3 Å². The molecule has 0 unspecified atom stereocenters. The maximum Gasteiger partial charge on any atom is 0.229 e. The molecule has 0 fully saturated rings. The standard InChI is InChI=1S/C13H9ClF3IN2O2S/c1-23(21,22)20-10-5-7(14)11(16)12(17)13(10)19-9-3-2-6(18)4-8(9)15/h2-5,19-20H,1H3. The average molecular weight is 477 g/mol. The first-order valence-corrected chi connectivity index (χ1v) is 9.30. The highest BCUT2D eigenvalue weighted by molar-refractivity contribution is 14.1. The molecule has 0 spiro atoms. The zero-order valence-corrected chi connectivity index (χ0v) is 15.2. The third-order valence-corrected chi connectivity index (χ3v) is 4.19. The normalized spacial score (nSPS) is 11.4. The highest BCUT2D eigenvalue weighted by Gasteiger charge is 2.20. The fourth-order valence-electron chi connectivity index (χ4n) is 1.72. The van der Waals surface area contributed by atoms with Gasteiger partial charge in [-0.1, -0.05) is 11.6 Å². The predicted octanol–water partition coefficient (Wildman–Crippen LogP) is 4.48. The summed E-state index contributed by atoms with van der Waals surface area (Å²) in [6.07, 6.45) is 0.831. The third-order valence-electron chi connectivity index (χ3n) is 2.65. The Labute approximate surface area is 149 Å². The molecule has 2 aromatic rings. The number of nitrogens with one attached hydrogen (secondary N) is 2. The second-order valence-electron chi connectivity index (χ2n) is 4.53. The van der Waals surface area contributed by atoms with Gasteiger partial charge in [-0.05, 0) is 46.9 Å². The van der Waals surface area contributed by atoms with Gasteiger partial charge < -0.3 is 5.32 Å². The van der Waals surface area contributed by atoms with Gasteiger partial charge in [-0.2, -0.15) is 0 Å². The van der Waals surface area contributed by atoms with E-state index in [2.05, 4.69) is 5.32 Å². The maximum atomic E-state index is 14.1. The molecule has 23 heavy (non-hydrogen) atoms. The van der Waals surface area contributed by atoms with Gasteiger partial charge in [0.1, 0.15) is 11.5 Å². The molecule has 0 bridgehead atoms. The van der Waals surface area contributed by atoms with Gasteiger partial charge in [-0.15, -0.1) is 0 Å². The van der Waals surface area contributed by atoms with E-state index in [1.165, 1.54) is 12.1 Å². The molecule has 0 aliphatic rings. The Hall–Kier alpha value is -1.20. The van der Waals surface area contributed by atoms with E-state index in [-0.39, 0.29) is 11.4 Å². The number of hydrogen-bond acceptors (Lipinski definition) is 3. The van der Waals surface area contributed by atoms with Crippen molar-refractivity contribution in [1.29, 1.82) is 0 Å². The van der Waals surface area contributed by atoms with Crippen molar-refractivity contribution in [2.75, 3.05) is 16.3 Å². The topological polar surface area (TPSA) is 58.2 Å². The van der Waals surface area contributed by atoms with Crippen molar-refractivity contribution in [2.45, 2.75) is 0 Å². The monoisotopic (exact) mass is 476 g/mol. The van der Waals surface area contributed by atoms with E-state index in [0.29, 0.717) is 3.57 Å². The van der Waals surface area contributed by atoms with Gasteiger partial charge in [0.15, 0.2) is 11.6 Å². The van der Waals surface area contributed by atoms with Crippen LogP contribution in [-0.2, 0) is 10.0 Å². The number of anilines is 3. The maximum absolute atomic E-state index is 14.1. The van der Waals surface area contributed by atoms with Crippen molar-refractivity contribution < 1.29 is 21.6 Å². The van der Waals surface area contributed by atoms with E-state index >= 15 is 0 Å². The number of halogens is 5. The fourth-order valence-corrected chi connectivity index (χ4v) is 2.93. The molecule has 0 atom stereocenters. The lowest BCUT2D eigenvalue weighted by Crippen LogP contribution is -2.13. The molecule has 0 radical (unpaired) electrons.